The Morgan fingerprint density at radius 1 is 0.636 bits per heavy atom. The molecule has 0 aliphatic heterocycles. The summed E-state index contributed by atoms with van der Waals surface area (Å²) in [6, 6.07) is 8.56. The molecule has 0 fully saturated rings. The van der Waals surface area contributed by atoms with Crippen LogP contribution in [0.4, 0.5) is 0 Å². The van der Waals surface area contributed by atoms with Crippen LogP contribution in [0, 0.1) is 27.7 Å². The zero-order valence-electron chi connectivity index (χ0n) is 20.8. The Bertz CT molecular complexity index is 1130. The topological polar surface area (TPSA) is 64.7 Å². The third kappa shape index (κ3) is 5.08. The molecule has 4 rings (SSSR count). The molecule has 0 amide bonds. The number of benzene rings is 2. The van der Waals surface area contributed by atoms with Crippen molar-refractivity contribution in [2.45, 2.75) is 86.5 Å². The molecule has 0 atom stereocenters. The first-order valence-electron chi connectivity index (χ1n) is 12.3. The van der Waals surface area contributed by atoms with Gasteiger partial charge in [-0.1, -0.05) is 73.7 Å². The van der Waals surface area contributed by atoms with Crippen LogP contribution in [0.1, 0.15) is 67.7 Å². The van der Waals surface area contributed by atoms with Crippen molar-refractivity contribution in [3.8, 4) is 0 Å². The summed E-state index contributed by atoms with van der Waals surface area (Å²) in [4.78, 5) is 2.42. The van der Waals surface area contributed by atoms with Gasteiger partial charge in [0, 0.05) is 6.54 Å². The zero-order chi connectivity index (χ0) is 23.4. The van der Waals surface area contributed by atoms with Gasteiger partial charge in [-0.05, 0) is 56.4 Å². The maximum absolute atomic E-state index is 4.53. The van der Waals surface area contributed by atoms with Crippen LogP contribution in [0.15, 0.2) is 24.3 Å². The van der Waals surface area contributed by atoms with Crippen LogP contribution in [0.2, 0.25) is 0 Å². The highest BCUT2D eigenvalue weighted by molar-refractivity contribution is 5.81. The van der Waals surface area contributed by atoms with Crippen molar-refractivity contribution >= 4 is 22.1 Å². The molecule has 2 aromatic heterocycles. The van der Waals surface area contributed by atoms with E-state index in [0.29, 0.717) is 13.3 Å². The Labute approximate surface area is 196 Å². The number of hydrogen-bond acceptors (Lipinski definition) is 5. The number of fused-ring (bicyclic) bond motifs is 2. The molecule has 0 unspecified atom stereocenters. The fourth-order valence-electron chi connectivity index (χ4n) is 4.63. The van der Waals surface area contributed by atoms with Crippen molar-refractivity contribution in [2.75, 3.05) is 6.54 Å². The molecule has 176 valence electrons. The molecule has 0 aliphatic carbocycles. The van der Waals surface area contributed by atoms with Gasteiger partial charge in [0.2, 0.25) is 0 Å². The summed E-state index contributed by atoms with van der Waals surface area (Å²) < 4.78 is 4.10. The monoisotopic (exact) mass is 447 g/mol. The quantitative estimate of drug-likeness (QED) is 0.276. The summed E-state index contributed by atoms with van der Waals surface area (Å²) in [5.41, 5.74) is 8.97. The minimum Gasteiger partial charge on any atom is -0.265 e. The summed E-state index contributed by atoms with van der Waals surface area (Å²) >= 11 is 0. The predicted octanol–water partition coefficient (Wildman–Crippen LogP) is 5.69. The lowest BCUT2D eigenvalue weighted by Gasteiger charge is -2.23. The van der Waals surface area contributed by atoms with Gasteiger partial charge in [-0.25, -0.2) is 9.36 Å². The SMILES string of the molecule is CCCCCCCCN(Cn1nnc2c(C)ccc(C)c21)Cn1nnc2c(C)ccc(C)c21. The molecule has 7 nitrogen and oxygen atoms in total. The van der Waals surface area contributed by atoms with E-state index in [9.17, 15) is 0 Å². The Balaban J connectivity index is 1.58. The van der Waals surface area contributed by atoms with E-state index in [1.54, 1.807) is 0 Å². The van der Waals surface area contributed by atoms with Gasteiger partial charge in [0.05, 0.1) is 24.4 Å². The van der Waals surface area contributed by atoms with Crippen molar-refractivity contribution in [3.63, 3.8) is 0 Å². The van der Waals surface area contributed by atoms with Crippen LogP contribution in [0.25, 0.3) is 22.1 Å². The van der Waals surface area contributed by atoms with Gasteiger partial charge in [-0.15, -0.1) is 10.2 Å². The Morgan fingerprint density at radius 2 is 1.09 bits per heavy atom. The standard InChI is InChI=1S/C26H37N7/c1-6-7-8-9-10-11-16-31(17-32-25-21(4)14-12-19(2)23(25)27-29-32)18-33-26-22(5)15-13-20(3)24(26)28-30-33/h12-15H,6-11,16-18H2,1-5H3. The lowest BCUT2D eigenvalue weighted by molar-refractivity contribution is 0.152. The summed E-state index contributed by atoms with van der Waals surface area (Å²) in [6.45, 7) is 13.1. The van der Waals surface area contributed by atoms with E-state index in [-0.39, 0.29) is 0 Å². The van der Waals surface area contributed by atoms with Gasteiger partial charge < -0.3 is 0 Å². The average molecular weight is 448 g/mol. The van der Waals surface area contributed by atoms with E-state index in [0.717, 1.165) is 39.7 Å². The molecular weight excluding hydrogens is 410 g/mol. The number of unbranched alkanes of at least 4 members (excludes halogenated alkanes) is 5. The molecule has 0 saturated carbocycles. The fraction of sp³-hybridized carbons (Fsp3) is 0.538. The molecule has 2 heterocycles. The van der Waals surface area contributed by atoms with Gasteiger partial charge in [0.1, 0.15) is 11.0 Å². The van der Waals surface area contributed by atoms with E-state index in [4.69, 9.17) is 0 Å². The van der Waals surface area contributed by atoms with Gasteiger partial charge in [-0.2, -0.15) is 0 Å². The number of nitrogens with zero attached hydrogens (tertiary/aromatic N) is 7. The minimum absolute atomic E-state index is 0.683. The van der Waals surface area contributed by atoms with Gasteiger partial charge in [0.15, 0.2) is 0 Å². The van der Waals surface area contributed by atoms with Crippen LogP contribution >= 0.6 is 0 Å². The molecule has 7 heteroatoms. The number of aromatic nitrogens is 6. The summed E-state index contributed by atoms with van der Waals surface area (Å²) in [6.07, 6.45) is 7.66. The molecular formula is C26H37N7. The van der Waals surface area contributed by atoms with Crippen LogP contribution in [-0.2, 0) is 13.3 Å². The first-order valence-corrected chi connectivity index (χ1v) is 12.3. The molecule has 0 bridgehead atoms. The summed E-state index contributed by atoms with van der Waals surface area (Å²) in [5, 5.41) is 18.0. The molecule has 0 aliphatic rings. The normalized spacial score (nSPS) is 11.9. The molecule has 2 aromatic carbocycles. The van der Waals surface area contributed by atoms with Crippen molar-refractivity contribution < 1.29 is 0 Å². The molecule has 0 radical (unpaired) electrons. The van der Waals surface area contributed by atoms with Crippen LogP contribution in [0.5, 0.6) is 0 Å². The Hall–Kier alpha value is -2.80. The van der Waals surface area contributed by atoms with E-state index >= 15 is 0 Å². The zero-order valence-corrected chi connectivity index (χ0v) is 20.8. The number of aryl methyl sites for hydroxylation is 4. The fourth-order valence-corrected chi connectivity index (χ4v) is 4.63. The highest BCUT2D eigenvalue weighted by Gasteiger charge is 2.16. The molecule has 4 aromatic rings. The summed E-state index contributed by atoms with van der Waals surface area (Å²) in [7, 11) is 0. The highest BCUT2D eigenvalue weighted by Crippen LogP contribution is 2.22. The largest absolute Gasteiger partial charge is 0.265 e. The lowest BCUT2D eigenvalue weighted by atomic mass is 10.1. The van der Waals surface area contributed by atoms with Gasteiger partial charge in [0.25, 0.3) is 0 Å². The van der Waals surface area contributed by atoms with Gasteiger partial charge in [-0.3, -0.25) is 4.90 Å². The lowest BCUT2D eigenvalue weighted by Crippen LogP contribution is -2.31. The Kier molecular flexibility index (Phi) is 7.38. The minimum atomic E-state index is 0.683. The molecule has 0 N–H and O–H groups in total. The molecule has 0 saturated heterocycles. The first kappa shape index (κ1) is 23.4. The maximum Gasteiger partial charge on any atom is 0.116 e. The second-order valence-corrected chi connectivity index (χ2v) is 9.42. The van der Waals surface area contributed by atoms with Crippen LogP contribution in [0.3, 0.4) is 0 Å². The predicted molar refractivity (Wildman–Crippen MR) is 134 cm³/mol. The van der Waals surface area contributed by atoms with E-state index in [1.165, 1.54) is 49.7 Å². The van der Waals surface area contributed by atoms with Crippen molar-refractivity contribution in [2.24, 2.45) is 0 Å². The van der Waals surface area contributed by atoms with Crippen molar-refractivity contribution in [3.05, 3.63) is 46.5 Å². The second kappa shape index (κ2) is 10.4. The number of hydrogen-bond donors (Lipinski definition) is 0. The van der Waals surface area contributed by atoms with Crippen LogP contribution in [-0.4, -0.2) is 41.4 Å². The highest BCUT2D eigenvalue weighted by atomic mass is 15.5. The third-order valence-corrected chi connectivity index (χ3v) is 6.63. The Morgan fingerprint density at radius 3 is 1.61 bits per heavy atom. The summed E-state index contributed by atoms with van der Waals surface area (Å²) in [5.74, 6) is 0. The smallest absolute Gasteiger partial charge is 0.116 e. The van der Waals surface area contributed by atoms with Crippen molar-refractivity contribution in [1.82, 2.24) is 34.9 Å². The molecule has 0 spiro atoms. The first-order chi connectivity index (χ1) is 16.0. The third-order valence-electron chi connectivity index (χ3n) is 6.63. The number of rotatable bonds is 11. The van der Waals surface area contributed by atoms with E-state index in [1.807, 2.05) is 9.36 Å². The van der Waals surface area contributed by atoms with E-state index < -0.39 is 0 Å². The van der Waals surface area contributed by atoms with Crippen LogP contribution < -0.4 is 0 Å². The van der Waals surface area contributed by atoms with E-state index in [2.05, 4.69) is 84.4 Å². The molecule has 33 heavy (non-hydrogen) atoms. The average Bonchev–Trinajstić information content (AvgIpc) is 3.42. The second-order valence-electron chi connectivity index (χ2n) is 9.42. The maximum atomic E-state index is 4.53. The van der Waals surface area contributed by atoms with Crippen molar-refractivity contribution in [1.29, 1.82) is 0 Å². The van der Waals surface area contributed by atoms with Gasteiger partial charge >= 0.3 is 0 Å².